The molecule has 1 rings (SSSR count). The molecule has 0 saturated carbocycles. The minimum absolute atomic E-state index is 0.00349. The van der Waals surface area contributed by atoms with Gasteiger partial charge in [-0.1, -0.05) is 25.8 Å². The molecule has 1 aromatic rings. The highest BCUT2D eigenvalue weighted by Crippen LogP contribution is 2.21. The number of unbranched alkanes of at least 4 members (excludes halogenated alkanes) is 2. The number of nitrogens with zero attached hydrogens (tertiary/aromatic N) is 1. The zero-order chi connectivity index (χ0) is 19.7. The number of aryl methyl sites for hydroxylation is 1. The summed E-state index contributed by atoms with van der Waals surface area (Å²) in [6, 6.07) is 1.63. The van der Waals surface area contributed by atoms with E-state index >= 15 is 0 Å². The highest BCUT2D eigenvalue weighted by molar-refractivity contribution is 6.04. The minimum atomic E-state index is -1.11. The first-order valence-electron chi connectivity index (χ1n) is 8.91. The first-order chi connectivity index (χ1) is 12.3. The number of carbonyl (C=O) groups is 3. The number of carboxylic acid groups (broad SMARTS) is 1. The Morgan fingerprint density at radius 2 is 1.92 bits per heavy atom. The van der Waals surface area contributed by atoms with Crippen molar-refractivity contribution in [1.29, 1.82) is 0 Å². The molecule has 0 bridgehead atoms. The topological polar surface area (TPSA) is 84.3 Å². The summed E-state index contributed by atoms with van der Waals surface area (Å²) in [5, 5.41) is 9.50. The van der Waals surface area contributed by atoms with E-state index in [-0.39, 0.29) is 23.6 Å². The van der Waals surface area contributed by atoms with Gasteiger partial charge in [0.1, 0.15) is 5.78 Å². The number of carbonyl (C=O) groups excluding carboxylic acids is 2. The molecule has 0 unspecified atom stereocenters. The summed E-state index contributed by atoms with van der Waals surface area (Å²) >= 11 is 0. The molecule has 140 valence electrons. The van der Waals surface area contributed by atoms with Crippen molar-refractivity contribution in [2.45, 2.75) is 59.8 Å². The zero-order valence-corrected chi connectivity index (χ0v) is 16.0. The number of rotatable bonds is 10. The number of pyridine rings is 1. The van der Waals surface area contributed by atoms with Crippen LogP contribution in [-0.4, -0.2) is 27.6 Å². The number of carboxylic acids is 1. The van der Waals surface area contributed by atoms with E-state index in [1.54, 1.807) is 25.1 Å². The fourth-order valence-electron chi connectivity index (χ4n) is 2.71. The van der Waals surface area contributed by atoms with Gasteiger partial charge in [0.25, 0.3) is 0 Å². The lowest BCUT2D eigenvalue weighted by Gasteiger charge is -2.09. The van der Waals surface area contributed by atoms with Gasteiger partial charge in [0.05, 0.1) is 17.0 Å². The number of hydrogen-bond donors (Lipinski definition) is 1. The Morgan fingerprint density at radius 3 is 2.46 bits per heavy atom. The maximum Gasteiger partial charge on any atom is 0.338 e. The molecule has 0 radical (unpaired) electrons. The Morgan fingerprint density at radius 1 is 1.23 bits per heavy atom. The Bertz CT molecular complexity index is 745. The van der Waals surface area contributed by atoms with Crippen LogP contribution in [0.4, 0.5) is 0 Å². The van der Waals surface area contributed by atoms with E-state index in [4.69, 9.17) is 0 Å². The average molecular weight is 357 g/mol. The Labute approximate surface area is 154 Å². The largest absolute Gasteiger partial charge is 0.478 e. The monoisotopic (exact) mass is 357 g/mol. The van der Waals surface area contributed by atoms with Crippen molar-refractivity contribution in [3.05, 3.63) is 40.2 Å². The molecular weight excluding hydrogens is 330 g/mol. The van der Waals surface area contributed by atoms with E-state index in [1.165, 1.54) is 13.0 Å². The van der Waals surface area contributed by atoms with Crippen molar-refractivity contribution in [3.8, 4) is 0 Å². The zero-order valence-electron chi connectivity index (χ0n) is 16.0. The number of allylic oxidation sites excluding steroid dienone is 2. The fourth-order valence-corrected chi connectivity index (χ4v) is 2.71. The van der Waals surface area contributed by atoms with Crippen LogP contribution in [0.3, 0.4) is 0 Å². The standard InChI is InChI=1S/C21H27NO4/c1-5-7-8-10-19(24)13-16(15(4)23)11-17-12-18(9-6-2)22-14(3)20(17)21(25)26/h6,9,11-12H,5,7-8,10,13H2,1-4H3,(H,25,26). The summed E-state index contributed by atoms with van der Waals surface area (Å²) in [7, 11) is 0. The minimum Gasteiger partial charge on any atom is -0.478 e. The second-order valence-electron chi connectivity index (χ2n) is 6.30. The van der Waals surface area contributed by atoms with Gasteiger partial charge in [-0.15, -0.1) is 0 Å². The van der Waals surface area contributed by atoms with Gasteiger partial charge in [0, 0.05) is 18.4 Å². The predicted octanol–water partition coefficient (Wildman–Crippen LogP) is 4.63. The van der Waals surface area contributed by atoms with Crippen molar-refractivity contribution in [1.82, 2.24) is 4.98 Å². The van der Waals surface area contributed by atoms with Crippen LogP contribution in [0.1, 0.15) is 80.2 Å². The molecule has 1 N–H and O–H groups in total. The van der Waals surface area contributed by atoms with Crippen LogP contribution in [0.5, 0.6) is 0 Å². The summed E-state index contributed by atoms with van der Waals surface area (Å²) in [4.78, 5) is 40.0. The van der Waals surface area contributed by atoms with Crippen LogP contribution in [0.15, 0.2) is 17.7 Å². The van der Waals surface area contributed by atoms with Gasteiger partial charge in [0.2, 0.25) is 0 Å². The van der Waals surface area contributed by atoms with Crippen LogP contribution in [0, 0.1) is 6.92 Å². The number of aromatic nitrogens is 1. The third-order valence-corrected chi connectivity index (χ3v) is 4.03. The van der Waals surface area contributed by atoms with E-state index in [1.807, 2.05) is 6.92 Å². The summed E-state index contributed by atoms with van der Waals surface area (Å²) in [6.45, 7) is 6.92. The molecule has 0 spiro atoms. The van der Waals surface area contributed by atoms with Crippen molar-refractivity contribution in [2.75, 3.05) is 0 Å². The fraction of sp³-hybridized carbons (Fsp3) is 0.429. The van der Waals surface area contributed by atoms with Gasteiger partial charge in [0.15, 0.2) is 5.78 Å². The van der Waals surface area contributed by atoms with Gasteiger partial charge in [-0.3, -0.25) is 14.6 Å². The molecule has 0 aliphatic heterocycles. The molecular formula is C21H27NO4. The normalized spacial score (nSPS) is 11.8. The van der Waals surface area contributed by atoms with Crippen molar-refractivity contribution in [2.24, 2.45) is 0 Å². The van der Waals surface area contributed by atoms with E-state index in [0.717, 1.165) is 19.3 Å². The lowest BCUT2D eigenvalue weighted by Crippen LogP contribution is -2.09. The van der Waals surface area contributed by atoms with Crippen LogP contribution in [0.25, 0.3) is 12.2 Å². The SMILES string of the molecule is CC=Cc1cc(C=C(CC(=O)CCCCC)C(C)=O)c(C(=O)O)c(C)n1. The molecule has 5 nitrogen and oxygen atoms in total. The van der Waals surface area contributed by atoms with Crippen molar-refractivity contribution in [3.63, 3.8) is 0 Å². The molecule has 1 heterocycles. The molecule has 0 saturated heterocycles. The quantitative estimate of drug-likeness (QED) is 0.487. The van der Waals surface area contributed by atoms with Crippen LogP contribution >= 0.6 is 0 Å². The lowest BCUT2D eigenvalue weighted by molar-refractivity contribution is -0.120. The van der Waals surface area contributed by atoms with Gasteiger partial charge in [-0.05, 0) is 51.0 Å². The molecule has 0 fully saturated rings. The smallest absolute Gasteiger partial charge is 0.338 e. The van der Waals surface area contributed by atoms with Gasteiger partial charge in [-0.2, -0.15) is 0 Å². The average Bonchev–Trinajstić information content (AvgIpc) is 2.53. The first-order valence-corrected chi connectivity index (χ1v) is 8.91. The van der Waals surface area contributed by atoms with Gasteiger partial charge >= 0.3 is 5.97 Å². The molecule has 5 heteroatoms. The summed E-state index contributed by atoms with van der Waals surface area (Å²) < 4.78 is 0. The first kappa shape index (κ1) is 21.5. The predicted molar refractivity (Wildman–Crippen MR) is 103 cm³/mol. The maximum atomic E-state index is 12.1. The molecule has 0 atom stereocenters. The van der Waals surface area contributed by atoms with Gasteiger partial charge < -0.3 is 5.11 Å². The van der Waals surface area contributed by atoms with E-state index in [2.05, 4.69) is 11.9 Å². The van der Waals surface area contributed by atoms with E-state index in [9.17, 15) is 19.5 Å². The molecule has 0 amide bonds. The summed E-state index contributed by atoms with van der Waals surface area (Å²) in [5.74, 6) is -1.34. The highest BCUT2D eigenvalue weighted by Gasteiger charge is 2.17. The second-order valence-corrected chi connectivity index (χ2v) is 6.30. The van der Waals surface area contributed by atoms with Crippen LogP contribution in [0.2, 0.25) is 0 Å². The molecule has 0 aliphatic carbocycles. The highest BCUT2D eigenvalue weighted by atomic mass is 16.4. The van der Waals surface area contributed by atoms with Gasteiger partial charge in [-0.25, -0.2) is 4.79 Å². The number of Topliss-reactive ketones (excluding diaryl/α,β-unsaturated/α-hetero) is 2. The van der Waals surface area contributed by atoms with E-state index < -0.39 is 5.97 Å². The Hall–Kier alpha value is -2.56. The second kappa shape index (κ2) is 10.4. The molecule has 26 heavy (non-hydrogen) atoms. The van der Waals surface area contributed by atoms with Crippen LogP contribution < -0.4 is 0 Å². The summed E-state index contributed by atoms with van der Waals surface area (Å²) in [5.41, 5.74) is 1.75. The molecule has 0 aliphatic rings. The molecule has 0 aromatic carbocycles. The third kappa shape index (κ3) is 6.39. The van der Waals surface area contributed by atoms with Crippen LogP contribution in [-0.2, 0) is 9.59 Å². The summed E-state index contributed by atoms with van der Waals surface area (Å²) in [6.07, 6.45) is 8.35. The Kier molecular flexibility index (Phi) is 8.62. The van der Waals surface area contributed by atoms with Crippen molar-refractivity contribution < 1.29 is 19.5 Å². The lowest BCUT2D eigenvalue weighted by atomic mass is 9.97. The third-order valence-electron chi connectivity index (χ3n) is 4.03. The number of aromatic carboxylic acids is 1. The van der Waals surface area contributed by atoms with E-state index in [0.29, 0.717) is 28.9 Å². The number of hydrogen-bond acceptors (Lipinski definition) is 4. The number of ketones is 2. The maximum absolute atomic E-state index is 12.1. The Balaban J connectivity index is 3.28. The van der Waals surface area contributed by atoms with Crippen molar-refractivity contribution >= 4 is 29.7 Å². The molecule has 1 aromatic heterocycles.